The van der Waals surface area contributed by atoms with E-state index in [0.29, 0.717) is 19.5 Å². The SMILES string of the molecule is CCCC(=O)Nc1cccc(CNC(=NC)NCc2ccccc2CN2CCOCC2)c1.I. The minimum Gasteiger partial charge on any atom is -0.379 e. The van der Waals surface area contributed by atoms with Crippen LogP contribution in [-0.4, -0.2) is 50.1 Å². The van der Waals surface area contributed by atoms with Gasteiger partial charge in [0.1, 0.15) is 0 Å². The molecule has 33 heavy (non-hydrogen) atoms. The summed E-state index contributed by atoms with van der Waals surface area (Å²) >= 11 is 0. The van der Waals surface area contributed by atoms with Crippen LogP contribution in [0.15, 0.2) is 53.5 Å². The Kier molecular flexibility index (Phi) is 12.2. The summed E-state index contributed by atoms with van der Waals surface area (Å²) in [7, 11) is 1.77. The number of rotatable bonds is 9. The molecule has 1 heterocycles. The van der Waals surface area contributed by atoms with Crippen molar-refractivity contribution in [2.24, 2.45) is 4.99 Å². The lowest BCUT2D eigenvalue weighted by Crippen LogP contribution is -2.37. The zero-order valence-corrected chi connectivity index (χ0v) is 21.9. The van der Waals surface area contributed by atoms with Gasteiger partial charge < -0.3 is 20.7 Å². The molecule has 0 saturated carbocycles. The van der Waals surface area contributed by atoms with Gasteiger partial charge >= 0.3 is 0 Å². The van der Waals surface area contributed by atoms with Crippen LogP contribution < -0.4 is 16.0 Å². The Bertz CT molecular complexity index is 900. The predicted octanol–water partition coefficient (Wildman–Crippen LogP) is 3.74. The van der Waals surface area contributed by atoms with E-state index in [9.17, 15) is 4.79 Å². The molecular weight excluding hydrogens is 529 g/mol. The van der Waals surface area contributed by atoms with Crippen LogP contribution >= 0.6 is 24.0 Å². The molecule has 0 radical (unpaired) electrons. The summed E-state index contributed by atoms with van der Waals surface area (Å²) in [5.74, 6) is 0.789. The molecule has 1 amide bonds. The summed E-state index contributed by atoms with van der Waals surface area (Å²) < 4.78 is 5.46. The summed E-state index contributed by atoms with van der Waals surface area (Å²) in [6.07, 6.45) is 1.37. The van der Waals surface area contributed by atoms with Crippen molar-refractivity contribution in [3.05, 3.63) is 65.2 Å². The number of halogens is 1. The Hall–Kier alpha value is -2.17. The van der Waals surface area contributed by atoms with E-state index in [0.717, 1.165) is 56.5 Å². The van der Waals surface area contributed by atoms with Crippen LogP contribution in [0.5, 0.6) is 0 Å². The highest BCUT2D eigenvalue weighted by Gasteiger charge is 2.13. The van der Waals surface area contributed by atoms with Crippen molar-refractivity contribution >= 4 is 41.5 Å². The van der Waals surface area contributed by atoms with E-state index in [2.05, 4.69) is 50.1 Å². The van der Waals surface area contributed by atoms with E-state index in [-0.39, 0.29) is 29.9 Å². The van der Waals surface area contributed by atoms with Crippen molar-refractivity contribution in [2.75, 3.05) is 38.7 Å². The van der Waals surface area contributed by atoms with Gasteiger partial charge in [-0.1, -0.05) is 43.3 Å². The van der Waals surface area contributed by atoms with Crippen LogP contribution in [0.4, 0.5) is 5.69 Å². The highest BCUT2D eigenvalue weighted by atomic mass is 127. The molecule has 0 bridgehead atoms. The molecule has 1 saturated heterocycles. The van der Waals surface area contributed by atoms with Gasteiger partial charge in [-0.2, -0.15) is 0 Å². The number of ether oxygens (including phenoxy) is 1. The molecule has 0 aromatic heterocycles. The number of anilines is 1. The fourth-order valence-electron chi connectivity index (χ4n) is 3.68. The molecule has 0 spiro atoms. The third-order valence-corrected chi connectivity index (χ3v) is 5.43. The van der Waals surface area contributed by atoms with Crippen molar-refractivity contribution in [2.45, 2.75) is 39.4 Å². The first-order valence-corrected chi connectivity index (χ1v) is 11.4. The van der Waals surface area contributed by atoms with Gasteiger partial charge in [0.05, 0.1) is 13.2 Å². The van der Waals surface area contributed by atoms with Gasteiger partial charge in [-0.15, -0.1) is 24.0 Å². The number of morpholine rings is 1. The van der Waals surface area contributed by atoms with Gasteiger partial charge in [0.15, 0.2) is 5.96 Å². The number of amides is 1. The first-order chi connectivity index (χ1) is 15.7. The van der Waals surface area contributed by atoms with Crippen LogP contribution in [0.3, 0.4) is 0 Å². The molecule has 180 valence electrons. The van der Waals surface area contributed by atoms with E-state index in [1.165, 1.54) is 11.1 Å². The third kappa shape index (κ3) is 9.30. The van der Waals surface area contributed by atoms with Crippen LogP contribution in [0.25, 0.3) is 0 Å². The zero-order valence-electron chi connectivity index (χ0n) is 19.6. The summed E-state index contributed by atoms with van der Waals surface area (Å²) in [4.78, 5) is 18.6. The molecule has 2 aromatic rings. The maximum Gasteiger partial charge on any atom is 0.224 e. The quantitative estimate of drug-likeness (QED) is 0.246. The molecule has 7 nitrogen and oxygen atoms in total. The van der Waals surface area contributed by atoms with E-state index in [4.69, 9.17) is 4.74 Å². The highest BCUT2D eigenvalue weighted by Crippen LogP contribution is 2.13. The van der Waals surface area contributed by atoms with E-state index < -0.39 is 0 Å². The molecule has 1 fully saturated rings. The van der Waals surface area contributed by atoms with Crippen LogP contribution in [-0.2, 0) is 29.2 Å². The maximum atomic E-state index is 11.8. The molecule has 1 aliphatic rings. The second kappa shape index (κ2) is 14.9. The molecule has 8 heteroatoms. The molecule has 0 atom stereocenters. The lowest BCUT2D eigenvalue weighted by molar-refractivity contribution is -0.116. The van der Waals surface area contributed by atoms with Crippen LogP contribution in [0.2, 0.25) is 0 Å². The number of hydrogen-bond acceptors (Lipinski definition) is 4. The van der Waals surface area contributed by atoms with E-state index in [1.54, 1.807) is 7.05 Å². The molecule has 1 aliphatic heterocycles. The Morgan fingerprint density at radius 2 is 1.76 bits per heavy atom. The average Bonchev–Trinajstić information content (AvgIpc) is 2.81. The number of hydrogen-bond donors (Lipinski definition) is 3. The Balaban J connectivity index is 0.00000385. The largest absolute Gasteiger partial charge is 0.379 e. The minimum atomic E-state index is 0. The number of carbonyl (C=O) groups is 1. The van der Waals surface area contributed by atoms with E-state index in [1.807, 2.05) is 31.2 Å². The van der Waals surface area contributed by atoms with Crippen LogP contribution in [0, 0.1) is 0 Å². The normalized spacial score (nSPS) is 14.3. The molecule has 3 N–H and O–H groups in total. The summed E-state index contributed by atoms with van der Waals surface area (Å²) in [6.45, 7) is 7.82. The van der Waals surface area contributed by atoms with Gasteiger partial charge in [0.2, 0.25) is 5.91 Å². The molecule has 0 unspecified atom stereocenters. The Labute approximate surface area is 214 Å². The predicted molar refractivity (Wildman–Crippen MR) is 145 cm³/mol. The smallest absolute Gasteiger partial charge is 0.224 e. The minimum absolute atomic E-state index is 0. The van der Waals surface area contributed by atoms with Crippen molar-refractivity contribution in [3.8, 4) is 0 Å². The second-order valence-corrected chi connectivity index (χ2v) is 7.94. The van der Waals surface area contributed by atoms with Gasteiger partial charge in [-0.25, -0.2) is 0 Å². The topological polar surface area (TPSA) is 78.0 Å². The number of carbonyl (C=O) groups excluding carboxylic acids is 1. The molecule has 2 aromatic carbocycles. The Morgan fingerprint density at radius 1 is 1.03 bits per heavy atom. The first kappa shape index (κ1) is 27.1. The molecular formula is C25H36IN5O2. The lowest BCUT2D eigenvalue weighted by atomic mass is 10.1. The fourth-order valence-corrected chi connectivity index (χ4v) is 3.68. The Morgan fingerprint density at radius 3 is 2.48 bits per heavy atom. The van der Waals surface area contributed by atoms with E-state index >= 15 is 0 Å². The second-order valence-electron chi connectivity index (χ2n) is 7.94. The molecule has 0 aliphatic carbocycles. The summed E-state index contributed by atoms with van der Waals surface area (Å²) in [6, 6.07) is 16.4. The number of guanidine groups is 1. The maximum absolute atomic E-state index is 11.8. The molecule has 3 rings (SSSR count). The number of nitrogens with zero attached hydrogens (tertiary/aromatic N) is 2. The highest BCUT2D eigenvalue weighted by molar-refractivity contribution is 14.0. The lowest BCUT2D eigenvalue weighted by Gasteiger charge is -2.27. The number of aliphatic imine (C=N–C) groups is 1. The van der Waals surface area contributed by atoms with Crippen molar-refractivity contribution in [1.82, 2.24) is 15.5 Å². The van der Waals surface area contributed by atoms with Crippen molar-refractivity contribution in [1.29, 1.82) is 0 Å². The number of nitrogens with one attached hydrogen (secondary N) is 3. The van der Waals surface area contributed by atoms with Gasteiger partial charge in [0.25, 0.3) is 0 Å². The zero-order chi connectivity index (χ0) is 22.6. The first-order valence-electron chi connectivity index (χ1n) is 11.4. The third-order valence-electron chi connectivity index (χ3n) is 5.43. The van der Waals surface area contributed by atoms with Gasteiger partial charge in [0, 0.05) is 51.9 Å². The monoisotopic (exact) mass is 565 g/mol. The van der Waals surface area contributed by atoms with Gasteiger partial charge in [-0.05, 0) is 35.2 Å². The van der Waals surface area contributed by atoms with Crippen molar-refractivity contribution in [3.63, 3.8) is 0 Å². The standard InChI is InChI=1S/C25H35N5O2.HI/c1-3-7-24(31)29-23-11-6-8-20(16-23)17-27-25(26-2)28-18-21-9-4-5-10-22(21)19-30-12-14-32-15-13-30;/h4-6,8-11,16H,3,7,12-15,17-19H2,1-2H3,(H,29,31)(H2,26,27,28);1H. The average molecular weight is 566 g/mol. The van der Waals surface area contributed by atoms with Crippen LogP contribution in [0.1, 0.15) is 36.5 Å². The number of benzene rings is 2. The summed E-state index contributed by atoms with van der Waals surface area (Å²) in [5, 5.41) is 9.73. The fraction of sp³-hybridized carbons (Fsp3) is 0.440. The van der Waals surface area contributed by atoms with Crippen molar-refractivity contribution < 1.29 is 9.53 Å². The summed E-state index contributed by atoms with van der Waals surface area (Å²) in [5.41, 5.74) is 4.49. The van der Waals surface area contributed by atoms with Gasteiger partial charge in [-0.3, -0.25) is 14.7 Å².